The summed E-state index contributed by atoms with van der Waals surface area (Å²) in [5.74, 6) is 0.191. The summed E-state index contributed by atoms with van der Waals surface area (Å²) in [5, 5.41) is 7.99. The maximum absolute atomic E-state index is 12.5. The molecule has 168 valence electrons. The van der Waals surface area contributed by atoms with Crippen molar-refractivity contribution in [2.24, 2.45) is 0 Å². The second-order valence-corrected chi connectivity index (χ2v) is 8.19. The lowest BCUT2D eigenvalue weighted by Crippen LogP contribution is -2.20. The van der Waals surface area contributed by atoms with Crippen LogP contribution in [0.1, 0.15) is 22.2 Å². The van der Waals surface area contributed by atoms with Crippen molar-refractivity contribution in [1.29, 1.82) is 0 Å². The standard InChI is InChI=1S/C25H23N3O4S/c1-4-32-22-14-21(16-7-5-15(2)6-8-16)27-19-10-9-17(13-18(19)22)26-25(30)28-20-11-12-33-23(20)24(29)31-3/h5-14H,4H2,1-3H3,(H2,26,28,30). The molecule has 2 aromatic heterocycles. The molecule has 8 heteroatoms. The number of benzene rings is 2. The number of ether oxygens (including phenoxy) is 2. The Bertz CT molecular complexity index is 1320. The molecule has 0 saturated heterocycles. The number of esters is 1. The molecule has 4 aromatic rings. The number of hydrogen-bond donors (Lipinski definition) is 2. The van der Waals surface area contributed by atoms with Gasteiger partial charge in [-0.25, -0.2) is 14.6 Å². The lowest BCUT2D eigenvalue weighted by atomic mass is 10.1. The monoisotopic (exact) mass is 461 g/mol. The zero-order valence-electron chi connectivity index (χ0n) is 18.5. The van der Waals surface area contributed by atoms with Crippen molar-refractivity contribution in [3.05, 3.63) is 70.4 Å². The number of rotatable bonds is 6. The van der Waals surface area contributed by atoms with E-state index in [2.05, 4.69) is 10.6 Å². The highest BCUT2D eigenvalue weighted by molar-refractivity contribution is 7.12. The van der Waals surface area contributed by atoms with Crippen molar-refractivity contribution in [3.8, 4) is 17.0 Å². The third-order valence-corrected chi connectivity index (χ3v) is 5.85. The van der Waals surface area contributed by atoms with Crippen LogP contribution in [0.4, 0.5) is 16.2 Å². The number of carbonyl (C=O) groups is 2. The quantitative estimate of drug-likeness (QED) is 0.339. The average molecular weight is 462 g/mol. The number of anilines is 2. The van der Waals surface area contributed by atoms with Crippen molar-refractivity contribution in [1.82, 2.24) is 4.98 Å². The Hall–Kier alpha value is -3.91. The van der Waals surface area contributed by atoms with Crippen LogP contribution in [0.15, 0.2) is 60.0 Å². The SMILES string of the molecule is CCOc1cc(-c2ccc(C)cc2)nc2ccc(NC(=O)Nc3ccsc3C(=O)OC)cc12. The van der Waals surface area contributed by atoms with Gasteiger partial charge in [-0.05, 0) is 43.5 Å². The van der Waals surface area contributed by atoms with Crippen LogP contribution in [0, 0.1) is 6.92 Å². The summed E-state index contributed by atoms with van der Waals surface area (Å²) in [7, 11) is 1.30. The zero-order chi connectivity index (χ0) is 23.4. The van der Waals surface area contributed by atoms with E-state index in [1.54, 1.807) is 17.5 Å². The fourth-order valence-electron chi connectivity index (χ4n) is 3.36. The topological polar surface area (TPSA) is 89.5 Å². The summed E-state index contributed by atoms with van der Waals surface area (Å²) < 4.78 is 10.6. The Morgan fingerprint density at radius 2 is 1.82 bits per heavy atom. The molecule has 33 heavy (non-hydrogen) atoms. The van der Waals surface area contributed by atoms with Gasteiger partial charge in [0.25, 0.3) is 0 Å². The third kappa shape index (κ3) is 4.96. The molecule has 7 nitrogen and oxygen atoms in total. The zero-order valence-corrected chi connectivity index (χ0v) is 19.3. The van der Waals surface area contributed by atoms with Gasteiger partial charge in [-0.2, -0.15) is 0 Å². The van der Waals surface area contributed by atoms with Crippen LogP contribution in [0.2, 0.25) is 0 Å². The number of thiophene rings is 1. The van der Waals surface area contributed by atoms with Gasteiger partial charge in [-0.15, -0.1) is 11.3 Å². The number of fused-ring (bicyclic) bond motifs is 1. The van der Waals surface area contributed by atoms with Gasteiger partial charge in [0.1, 0.15) is 10.6 Å². The summed E-state index contributed by atoms with van der Waals surface area (Å²) in [6.45, 7) is 4.47. The number of methoxy groups -OCH3 is 1. The minimum absolute atomic E-state index is 0.331. The molecule has 0 aliphatic carbocycles. The minimum Gasteiger partial charge on any atom is -0.493 e. The number of nitrogens with one attached hydrogen (secondary N) is 2. The van der Waals surface area contributed by atoms with Crippen molar-refractivity contribution < 1.29 is 19.1 Å². The summed E-state index contributed by atoms with van der Waals surface area (Å²) >= 11 is 1.20. The molecule has 0 bridgehead atoms. The maximum Gasteiger partial charge on any atom is 0.350 e. The van der Waals surface area contributed by atoms with Crippen LogP contribution in [-0.4, -0.2) is 30.7 Å². The van der Waals surface area contributed by atoms with Gasteiger partial charge >= 0.3 is 12.0 Å². The molecule has 0 spiro atoms. The molecule has 0 atom stereocenters. The smallest absolute Gasteiger partial charge is 0.350 e. The molecule has 4 rings (SSSR count). The molecular formula is C25H23N3O4S. The molecule has 0 radical (unpaired) electrons. The predicted molar refractivity (Wildman–Crippen MR) is 131 cm³/mol. The van der Waals surface area contributed by atoms with Crippen LogP contribution in [-0.2, 0) is 4.74 Å². The minimum atomic E-state index is -0.497. The summed E-state index contributed by atoms with van der Waals surface area (Å²) in [5.41, 5.74) is 4.72. The normalized spacial score (nSPS) is 10.6. The summed E-state index contributed by atoms with van der Waals surface area (Å²) in [6.07, 6.45) is 0. The largest absolute Gasteiger partial charge is 0.493 e. The van der Waals surface area contributed by atoms with Gasteiger partial charge in [0.15, 0.2) is 0 Å². The molecular weight excluding hydrogens is 438 g/mol. The van der Waals surface area contributed by atoms with E-state index in [0.29, 0.717) is 28.6 Å². The first-order valence-corrected chi connectivity index (χ1v) is 11.2. The van der Waals surface area contributed by atoms with Crippen LogP contribution >= 0.6 is 11.3 Å². The third-order valence-electron chi connectivity index (χ3n) is 4.96. The van der Waals surface area contributed by atoms with Crippen LogP contribution < -0.4 is 15.4 Å². The van der Waals surface area contributed by atoms with E-state index < -0.39 is 12.0 Å². The number of pyridine rings is 1. The number of amides is 2. The average Bonchev–Trinajstić information content (AvgIpc) is 3.27. The highest BCUT2D eigenvalue weighted by Gasteiger charge is 2.16. The second kappa shape index (κ2) is 9.70. The molecule has 2 amide bonds. The lowest BCUT2D eigenvalue weighted by molar-refractivity contribution is 0.0607. The van der Waals surface area contributed by atoms with Crippen molar-refractivity contribution in [3.63, 3.8) is 0 Å². The lowest BCUT2D eigenvalue weighted by Gasteiger charge is -2.13. The summed E-state index contributed by atoms with van der Waals surface area (Å²) in [6, 6.07) is 16.7. The fraction of sp³-hybridized carbons (Fsp3) is 0.160. The Balaban J connectivity index is 1.61. The van der Waals surface area contributed by atoms with Gasteiger partial charge in [0.2, 0.25) is 0 Å². The van der Waals surface area contributed by atoms with Gasteiger partial charge < -0.3 is 20.1 Å². The first kappa shape index (κ1) is 22.3. The van der Waals surface area contributed by atoms with E-state index in [-0.39, 0.29) is 0 Å². The van der Waals surface area contributed by atoms with Crippen LogP contribution in [0.3, 0.4) is 0 Å². The van der Waals surface area contributed by atoms with E-state index in [0.717, 1.165) is 22.2 Å². The second-order valence-electron chi connectivity index (χ2n) is 7.27. The Morgan fingerprint density at radius 1 is 1.03 bits per heavy atom. The van der Waals surface area contributed by atoms with Crippen molar-refractivity contribution in [2.75, 3.05) is 24.4 Å². The van der Waals surface area contributed by atoms with Gasteiger partial charge in [0.05, 0.1) is 30.6 Å². The number of hydrogen-bond acceptors (Lipinski definition) is 6. The fourth-order valence-corrected chi connectivity index (χ4v) is 4.13. The summed E-state index contributed by atoms with van der Waals surface area (Å²) in [4.78, 5) is 29.5. The number of urea groups is 1. The Labute approximate surface area is 195 Å². The van der Waals surface area contributed by atoms with E-state index in [1.807, 2.05) is 56.3 Å². The van der Waals surface area contributed by atoms with Crippen LogP contribution in [0.5, 0.6) is 5.75 Å². The molecule has 0 aliphatic rings. The van der Waals surface area contributed by atoms with Gasteiger partial charge in [-0.3, -0.25) is 0 Å². The van der Waals surface area contributed by atoms with Gasteiger partial charge in [-0.1, -0.05) is 29.8 Å². The van der Waals surface area contributed by atoms with Gasteiger partial charge in [0, 0.05) is 22.7 Å². The number of aryl methyl sites for hydroxylation is 1. The molecule has 2 heterocycles. The highest BCUT2D eigenvalue weighted by Crippen LogP contribution is 2.32. The molecule has 0 saturated carbocycles. The first-order valence-electron chi connectivity index (χ1n) is 10.4. The number of nitrogens with zero attached hydrogens (tertiary/aromatic N) is 1. The Morgan fingerprint density at radius 3 is 2.55 bits per heavy atom. The molecule has 0 fully saturated rings. The molecule has 2 aromatic carbocycles. The Kier molecular flexibility index (Phi) is 6.55. The van der Waals surface area contributed by atoms with Crippen LogP contribution in [0.25, 0.3) is 22.2 Å². The number of aromatic nitrogens is 1. The molecule has 0 unspecified atom stereocenters. The van der Waals surface area contributed by atoms with Crippen molar-refractivity contribution >= 4 is 45.6 Å². The van der Waals surface area contributed by atoms with E-state index in [4.69, 9.17) is 14.5 Å². The van der Waals surface area contributed by atoms with E-state index >= 15 is 0 Å². The maximum atomic E-state index is 12.5. The highest BCUT2D eigenvalue weighted by atomic mass is 32.1. The molecule has 0 aliphatic heterocycles. The molecule has 2 N–H and O–H groups in total. The van der Waals surface area contributed by atoms with E-state index in [9.17, 15) is 9.59 Å². The van der Waals surface area contributed by atoms with E-state index in [1.165, 1.54) is 24.0 Å². The first-order chi connectivity index (χ1) is 16.0. The van der Waals surface area contributed by atoms with Crippen molar-refractivity contribution in [2.45, 2.75) is 13.8 Å². The number of carbonyl (C=O) groups excluding carboxylic acids is 2. The predicted octanol–water partition coefficient (Wildman–Crippen LogP) is 6.10.